The van der Waals surface area contributed by atoms with Crippen molar-refractivity contribution in [1.29, 1.82) is 0 Å². The molecule has 8 heteroatoms. The molecule has 1 saturated heterocycles. The van der Waals surface area contributed by atoms with Crippen molar-refractivity contribution < 1.29 is 17.6 Å². The fraction of sp³-hybridized carbons (Fsp3) is 0.556. The second kappa shape index (κ2) is 7.23. The Labute approximate surface area is 157 Å². The van der Waals surface area contributed by atoms with Crippen LogP contribution in [-0.2, 0) is 14.6 Å². The molecule has 1 unspecified atom stereocenters. The number of aromatic nitrogens is 1. The molecule has 1 aliphatic carbocycles. The van der Waals surface area contributed by atoms with Crippen molar-refractivity contribution in [2.45, 2.75) is 49.4 Å². The second-order valence-electron chi connectivity index (χ2n) is 7.03. The lowest BCUT2D eigenvalue weighted by molar-refractivity contribution is -0.132. The molecule has 6 nitrogen and oxygen atoms in total. The van der Waals surface area contributed by atoms with E-state index in [1.54, 1.807) is 0 Å². The Bertz CT molecular complexity index is 870. The van der Waals surface area contributed by atoms with Gasteiger partial charge in [0.05, 0.1) is 17.3 Å². The molecule has 0 radical (unpaired) electrons. The number of carbonyl (C=O) groups excluding carboxylic acids is 1. The first-order valence-electron chi connectivity index (χ1n) is 9.02. The van der Waals surface area contributed by atoms with Crippen LogP contribution in [0.25, 0.3) is 11.1 Å². The SMILES string of the molecule is O=C(CSc1nc2ccccc2o1)N(C1CCCC1)C1CCS(=O)(=O)C1. The molecule has 0 spiro atoms. The number of thioether (sulfide) groups is 1. The molecule has 2 fully saturated rings. The van der Waals surface area contributed by atoms with Crippen molar-refractivity contribution in [2.75, 3.05) is 17.3 Å². The minimum atomic E-state index is -3.02. The van der Waals surface area contributed by atoms with Crippen molar-refractivity contribution in [3.8, 4) is 0 Å². The zero-order valence-electron chi connectivity index (χ0n) is 14.5. The Morgan fingerprint density at radius 1 is 1.19 bits per heavy atom. The maximum Gasteiger partial charge on any atom is 0.257 e. The van der Waals surface area contributed by atoms with Gasteiger partial charge in [0.1, 0.15) is 5.52 Å². The molecule has 0 N–H and O–H groups in total. The highest BCUT2D eigenvalue weighted by Crippen LogP contribution is 2.31. The quantitative estimate of drug-likeness (QED) is 0.726. The highest BCUT2D eigenvalue weighted by Gasteiger charge is 2.38. The predicted octanol–water partition coefficient (Wildman–Crippen LogP) is 2.88. The molecule has 1 saturated carbocycles. The number of hydrogen-bond donors (Lipinski definition) is 0. The van der Waals surface area contributed by atoms with Crippen molar-refractivity contribution >= 4 is 38.6 Å². The van der Waals surface area contributed by atoms with Gasteiger partial charge in [-0.25, -0.2) is 13.4 Å². The lowest BCUT2D eigenvalue weighted by Crippen LogP contribution is -2.47. The molecule has 4 rings (SSSR count). The first kappa shape index (κ1) is 17.9. The van der Waals surface area contributed by atoms with Crippen LogP contribution in [-0.4, -0.2) is 53.6 Å². The summed E-state index contributed by atoms with van der Waals surface area (Å²) in [6, 6.07) is 7.49. The molecule has 2 heterocycles. The van der Waals surface area contributed by atoms with Gasteiger partial charge in [-0.05, 0) is 31.4 Å². The normalized spacial score (nSPS) is 22.8. The van der Waals surface area contributed by atoms with E-state index in [2.05, 4.69) is 4.98 Å². The first-order valence-corrected chi connectivity index (χ1v) is 11.8. The zero-order valence-corrected chi connectivity index (χ0v) is 16.1. The van der Waals surface area contributed by atoms with Crippen LogP contribution in [0.2, 0.25) is 0 Å². The lowest BCUT2D eigenvalue weighted by atomic mass is 10.1. The van der Waals surface area contributed by atoms with Crippen LogP contribution in [0.3, 0.4) is 0 Å². The molecule has 1 aliphatic heterocycles. The van der Waals surface area contributed by atoms with Crippen LogP contribution < -0.4 is 0 Å². The van der Waals surface area contributed by atoms with E-state index in [4.69, 9.17) is 4.42 Å². The number of carbonyl (C=O) groups is 1. The minimum Gasteiger partial charge on any atom is -0.431 e. The van der Waals surface area contributed by atoms with Crippen molar-refractivity contribution in [3.63, 3.8) is 0 Å². The third-order valence-electron chi connectivity index (χ3n) is 5.20. The van der Waals surface area contributed by atoms with E-state index in [1.807, 2.05) is 29.2 Å². The second-order valence-corrected chi connectivity index (χ2v) is 10.2. The molecular formula is C18H22N2O4S2. The van der Waals surface area contributed by atoms with Gasteiger partial charge in [-0.3, -0.25) is 4.79 Å². The van der Waals surface area contributed by atoms with Gasteiger partial charge in [-0.1, -0.05) is 36.7 Å². The standard InChI is InChI=1S/C18H22N2O4S2/c21-17(11-25-18-19-15-7-3-4-8-16(15)24-18)20(13-5-1-2-6-13)14-9-10-26(22,23)12-14/h3-4,7-8,13-14H,1-2,5-6,9-12H2. The van der Waals surface area contributed by atoms with Gasteiger partial charge in [0.15, 0.2) is 15.4 Å². The van der Waals surface area contributed by atoms with Crippen molar-refractivity contribution in [1.82, 2.24) is 9.88 Å². The molecule has 2 aromatic rings. The van der Waals surface area contributed by atoms with Crippen molar-refractivity contribution in [3.05, 3.63) is 24.3 Å². The van der Waals surface area contributed by atoms with Gasteiger partial charge in [0.2, 0.25) is 5.91 Å². The monoisotopic (exact) mass is 394 g/mol. The summed E-state index contributed by atoms with van der Waals surface area (Å²) in [4.78, 5) is 19.2. The van der Waals surface area contributed by atoms with Crippen LogP contribution in [0.15, 0.2) is 33.9 Å². The molecule has 1 atom stereocenters. The molecule has 2 aliphatic rings. The Balaban J connectivity index is 1.47. The summed E-state index contributed by atoms with van der Waals surface area (Å²) in [6.45, 7) is 0. The van der Waals surface area contributed by atoms with E-state index in [-0.39, 0.29) is 35.2 Å². The molecule has 1 aromatic heterocycles. The number of oxazole rings is 1. The topological polar surface area (TPSA) is 80.5 Å². The molecule has 140 valence electrons. The van der Waals surface area contributed by atoms with E-state index in [0.717, 1.165) is 31.2 Å². The Kier molecular flexibility index (Phi) is 4.96. The number of benzene rings is 1. The summed E-state index contributed by atoms with van der Waals surface area (Å²) in [5, 5.41) is 0.477. The fourth-order valence-corrected chi connectivity index (χ4v) is 6.41. The van der Waals surface area contributed by atoms with Gasteiger partial charge in [0.25, 0.3) is 5.22 Å². The number of para-hydroxylation sites is 2. The third kappa shape index (κ3) is 3.76. The molecule has 1 amide bonds. The van der Waals surface area contributed by atoms with Gasteiger partial charge < -0.3 is 9.32 Å². The summed E-state index contributed by atoms with van der Waals surface area (Å²) in [7, 11) is -3.02. The molecule has 0 bridgehead atoms. The largest absolute Gasteiger partial charge is 0.431 e. The Morgan fingerprint density at radius 2 is 1.96 bits per heavy atom. The van der Waals surface area contributed by atoms with Gasteiger partial charge in [-0.2, -0.15) is 0 Å². The maximum atomic E-state index is 13.0. The molecule has 26 heavy (non-hydrogen) atoms. The average molecular weight is 395 g/mol. The summed E-state index contributed by atoms with van der Waals surface area (Å²) in [6.07, 6.45) is 4.70. The summed E-state index contributed by atoms with van der Waals surface area (Å²) < 4.78 is 29.5. The summed E-state index contributed by atoms with van der Waals surface area (Å²) in [5.74, 6) is 0.501. The van der Waals surface area contributed by atoms with E-state index >= 15 is 0 Å². The van der Waals surface area contributed by atoms with Crippen LogP contribution >= 0.6 is 11.8 Å². The third-order valence-corrected chi connectivity index (χ3v) is 7.76. The number of fused-ring (bicyclic) bond motifs is 1. The fourth-order valence-electron chi connectivity index (χ4n) is 3.99. The van der Waals surface area contributed by atoms with Gasteiger partial charge in [0, 0.05) is 12.1 Å². The number of sulfone groups is 1. The van der Waals surface area contributed by atoms with Crippen LogP contribution in [0.4, 0.5) is 0 Å². The van der Waals surface area contributed by atoms with E-state index < -0.39 is 9.84 Å². The van der Waals surface area contributed by atoms with Gasteiger partial charge in [-0.15, -0.1) is 0 Å². The van der Waals surface area contributed by atoms with E-state index in [0.29, 0.717) is 17.2 Å². The van der Waals surface area contributed by atoms with E-state index in [1.165, 1.54) is 11.8 Å². The number of rotatable bonds is 5. The molecule has 1 aromatic carbocycles. The highest BCUT2D eigenvalue weighted by atomic mass is 32.2. The van der Waals surface area contributed by atoms with Crippen molar-refractivity contribution in [2.24, 2.45) is 0 Å². The van der Waals surface area contributed by atoms with Crippen LogP contribution in [0.1, 0.15) is 32.1 Å². The average Bonchev–Trinajstić information content (AvgIpc) is 3.33. The first-order chi connectivity index (χ1) is 12.5. The summed E-state index contributed by atoms with van der Waals surface area (Å²) >= 11 is 1.28. The predicted molar refractivity (Wildman–Crippen MR) is 101 cm³/mol. The van der Waals surface area contributed by atoms with Gasteiger partial charge >= 0.3 is 0 Å². The number of amides is 1. The zero-order chi connectivity index (χ0) is 18.1. The highest BCUT2D eigenvalue weighted by molar-refractivity contribution is 7.99. The van der Waals surface area contributed by atoms with Crippen LogP contribution in [0.5, 0.6) is 0 Å². The smallest absolute Gasteiger partial charge is 0.257 e. The van der Waals surface area contributed by atoms with E-state index in [9.17, 15) is 13.2 Å². The maximum absolute atomic E-state index is 13.0. The molecular weight excluding hydrogens is 372 g/mol. The number of hydrogen-bond acceptors (Lipinski definition) is 6. The Morgan fingerprint density at radius 3 is 2.65 bits per heavy atom. The van der Waals surface area contributed by atoms with Crippen LogP contribution in [0, 0.1) is 0 Å². The minimum absolute atomic E-state index is 0.00810. The summed E-state index contributed by atoms with van der Waals surface area (Å²) in [5.41, 5.74) is 1.48. The lowest BCUT2D eigenvalue weighted by Gasteiger charge is -2.34. The Hall–Kier alpha value is -1.54. The number of nitrogens with zero attached hydrogens (tertiary/aromatic N) is 2.